The second kappa shape index (κ2) is 4.32. The molecule has 2 heterocycles. The van der Waals surface area contributed by atoms with E-state index in [4.69, 9.17) is 15.2 Å². The number of nitrogens with two attached hydrogens (primary N) is 1. The molecule has 0 bridgehead atoms. The van der Waals surface area contributed by atoms with Crippen molar-refractivity contribution in [3.8, 4) is 5.75 Å². The molecule has 2 aliphatic heterocycles. The third-order valence-electron chi connectivity index (χ3n) is 3.76. The number of nitrogens with zero attached hydrogens (tertiary/aromatic N) is 1. The molecule has 0 radical (unpaired) electrons. The van der Waals surface area contributed by atoms with Gasteiger partial charge in [0.2, 0.25) is 0 Å². The van der Waals surface area contributed by atoms with E-state index in [2.05, 4.69) is 20.9 Å². The van der Waals surface area contributed by atoms with E-state index in [9.17, 15) is 8.78 Å². The van der Waals surface area contributed by atoms with E-state index in [0.29, 0.717) is 15.8 Å². The Hall–Kier alpha value is -1.37. The van der Waals surface area contributed by atoms with Gasteiger partial charge in [-0.25, -0.2) is 4.99 Å². The zero-order valence-corrected chi connectivity index (χ0v) is 13.2. The van der Waals surface area contributed by atoms with Crippen molar-refractivity contribution in [2.24, 2.45) is 10.7 Å². The van der Waals surface area contributed by atoms with E-state index < -0.39 is 23.7 Å². The largest absolute Gasteiger partial charge is 0.487 e. The maximum atomic E-state index is 14.7. The van der Waals surface area contributed by atoms with Crippen LogP contribution in [0.15, 0.2) is 27.7 Å². The number of fused-ring (bicyclic) bond motifs is 2. The maximum Gasteiger partial charge on any atom is 0.310 e. The van der Waals surface area contributed by atoms with Crippen LogP contribution in [-0.4, -0.2) is 24.2 Å². The van der Waals surface area contributed by atoms with Gasteiger partial charge in [-0.15, -0.1) is 0 Å². The van der Waals surface area contributed by atoms with Gasteiger partial charge in [-0.05, 0) is 32.0 Å². The summed E-state index contributed by atoms with van der Waals surface area (Å²) in [6.45, 7) is 2.73. The molecule has 114 valence electrons. The number of benzene rings is 1. The minimum atomic E-state index is -3.17. The molecule has 0 amide bonds. The van der Waals surface area contributed by atoms with Crippen molar-refractivity contribution in [1.82, 2.24) is 0 Å². The normalized spacial score (nSPS) is 29.1. The van der Waals surface area contributed by atoms with Crippen LogP contribution in [0.25, 0.3) is 0 Å². The van der Waals surface area contributed by atoms with Crippen LogP contribution in [0, 0.1) is 0 Å². The van der Waals surface area contributed by atoms with Crippen LogP contribution in [-0.2, 0) is 10.3 Å². The average molecular weight is 361 g/mol. The minimum absolute atomic E-state index is 0.0144. The van der Waals surface area contributed by atoms with Gasteiger partial charge in [0.15, 0.2) is 12.1 Å². The van der Waals surface area contributed by atoms with Gasteiger partial charge in [-0.1, -0.05) is 15.9 Å². The van der Waals surface area contributed by atoms with E-state index in [-0.39, 0.29) is 12.4 Å². The molecular weight excluding hydrogens is 346 g/mol. The molecule has 0 fully saturated rings. The van der Waals surface area contributed by atoms with E-state index in [1.807, 2.05) is 0 Å². The van der Waals surface area contributed by atoms with Crippen molar-refractivity contribution in [3.05, 3.63) is 28.2 Å². The van der Waals surface area contributed by atoms with Gasteiger partial charge in [0.1, 0.15) is 11.4 Å². The van der Waals surface area contributed by atoms with Crippen LogP contribution >= 0.6 is 15.9 Å². The standard InChI is InChI=1S/C14H15BrF2N2O2/c1-12(2)6-13(14(16,17)7-20-11(18)19-13)9-5-8(15)3-4-10(9)21-12/h3-5H,6-7H2,1-2H3,(H2,18,19)/t13-/m1/s1. The molecule has 2 N–H and O–H groups in total. The van der Waals surface area contributed by atoms with Gasteiger partial charge in [-0.3, -0.25) is 0 Å². The quantitative estimate of drug-likeness (QED) is 0.772. The highest BCUT2D eigenvalue weighted by Gasteiger charge is 2.63. The van der Waals surface area contributed by atoms with Crippen LogP contribution in [0.5, 0.6) is 5.75 Å². The van der Waals surface area contributed by atoms with Gasteiger partial charge in [0.25, 0.3) is 6.02 Å². The second-order valence-corrected chi connectivity index (χ2v) is 6.90. The molecule has 4 nitrogen and oxygen atoms in total. The van der Waals surface area contributed by atoms with Gasteiger partial charge in [0, 0.05) is 16.5 Å². The number of halogens is 3. The van der Waals surface area contributed by atoms with Crippen molar-refractivity contribution in [3.63, 3.8) is 0 Å². The van der Waals surface area contributed by atoms with Crippen LogP contribution in [0.1, 0.15) is 25.8 Å². The summed E-state index contributed by atoms with van der Waals surface area (Å²) in [5, 5.41) is 0. The Labute approximate surface area is 129 Å². The molecule has 2 aliphatic rings. The highest BCUT2D eigenvalue weighted by Crippen LogP contribution is 2.55. The summed E-state index contributed by atoms with van der Waals surface area (Å²) < 4.78 is 40.7. The van der Waals surface area contributed by atoms with Gasteiger partial charge in [0.05, 0.1) is 0 Å². The van der Waals surface area contributed by atoms with Crippen molar-refractivity contribution < 1.29 is 18.3 Å². The Morgan fingerprint density at radius 3 is 2.76 bits per heavy atom. The molecule has 1 atom stereocenters. The lowest BCUT2D eigenvalue weighted by Gasteiger charge is -2.48. The SMILES string of the molecule is CC1(C)C[C@@]2(N=C(N)OCC2(F)F)c2cc(Br)ccc2O1. The van der Waals surface area contributed by atoms with Crippen LogP contribution in [0.3, 0.4) is 0 Å². The first kappa shape index (κ1) is 14.6. The molecule has 0 saturated heterocycles. The average Bonchev–Trinajstić information content (AvgIpc) is 2.35. The predicted molar refractivity (Wildman–Crippen MR) is 77.7 cm³/mol. The van der Waals surface area contributed by atoms with Crippen molar-refractivity contribution >= 4 is 22.0 Å². The van der Waals surface area contributed by atoms with Crippen molar-refractivity contribution in [2.45, 2.75) is 37.3 Å². The Kier molecular flexibility index (Phi) is 2.99. The topological polar surface area (TPSA) is 56.8 Å². The first-order chi connectivity index (χ1) is 9.65. The maximum absolute atomic E-state index is 14.7. The molecule has 21 heavy (non-hydrogen) atoms. The third kappa shape index (κ3) is 2.18. The molecule has 0 aromatic heterocycles. The van der Waals surface area contributed by atoms with Crippen LogP contribution < -0.4 is 10.5 Å². The molecule has 1 spiro atoms. The monoisotopic (exact) mass is 360 g/mol. The molecular formula is C14H15BrF2N2O2. The second-order valence-electron chi connectivity index (χ2n) is 5.98. The number of aliphatic imine (C=N–C) groups is 1. The lowest BCUT2D eigenvalue weighted by molar-refractivity contribution is -0.148. The van der Waals surface area contributed by atoms with E-state index in [0.717, 1.165) is 0 Å². The summed E-state index contributed by atoms with van der Waals surface area (Å²) in [4.78, 5) is 4.03. The van der Waals surface area contributed by atoms with Crippen LogP contribution in [0.4, 0.5) is 8.78 Å². The summed E-state index contributed by atoms with van der Waals surface area (Å²) in [7, 11) is 0. The molecule has 0 saturated carbocycles. The highest BCUT2D eigenvalue weighted by molar-refractivity contribution is 9.10. The summed E-state index contributed by atoms with van der Waals surface area (Å²) in [5.74, 6) is -2.78. The van der Waals surface area contributed by atoms with Gasteiger partial charge >= 0.3 is 5.92 Å². The number of alkyl halides is 2. The van der Waals surface area contributed by atoms with E-state index in [1.54, 1.807) is 32.0 Å². The summed E-state index contributed by atoms with van der Waals surface area (Å²) in [6.07, 6.45) is 0.0144. The van der Waals surface area contributed by atoms with E-state index in [1.165, 1.54) is 0 Å². The Morgan fingerprint density at radius 1 is 1.33 bits per heavy atom. The zero-order chi connectivity index (χ0) is 15.5. The van der Waals surface area contributed by atoms with E-state index >= 15 is 0 Å². The molecule has 3 rings (SSSR count). The van der Waals surface area contributed by atoms with Crippen molar-refractivity contribution in [1.29, 1.82) is 0 Å². The lowest BCUT2D eigenvalue weighted by atomic mass is 9.73. The zero-order valence-electron chi connectivity index (χ0n) is 11.6. The smallest absolute Gasteiger partial charge is 0.310 e. The minimum Gasteiger partial charge on any atom is -0.487 e. The highest BCUT2D eigenvalue weighted by atomic mass is 79.9. The number of hydrogen-bond donors (Lipinski definition) is 1. The molecule has 0 unspecified atom stereocenters. The number of ether oxygens (including phenoxy) is 2. The molecule has 7 heteroatoms. The fraction of sp³-hybridized carbons (Fsp3) is 0.500. The Balaban J connectivity index is 2.30. The lowest BCUT2D eigenvalue weighted by Crippen LogP contribution is -2.58. The molecule has 1 aromatic carbocycles. The van der Waals surface area contributed by atoms with Gasteiger partial charge < -0.3 is 15.2 Å². The van der Waals surface area contributed by atoms with Crippen molar-refractivity contribution in [2.75, 3.05) is 6.61 Å². The summed E-state index contributed by atoms with van der Waals surface area (Å²) >= 11 is 3.31. The van der Waals surface area contributed by atoms with Crippen LogP contribution in [0.2, 0.25) is 0 Å². The Bertz CT molecular complexity index is 633. The first-order valence-corrected chi connectivity index (χ1v) is 7.30. The fourth-order valence-electron chi connectivity index (χ4n) is 2.97. The Morgan fingerprint density at radius 2 is 2.05 bits per heavy atom. The fourth-order valence-corrected chi connectivity index (χ4v) is 3.33. The number of hydrogen-bond acceptors (Lipinski definition) is 4. The predicted octanol–water partition coefficient (Wildman–Crippen LogP) is 3.19. The molecule has 0 aliphatic carbocycles. The molecule has 1 aromatic rings. The third-order valence-corrected chi connectivity index (χ3v) is 4.26. The summed E-state index contributed by atoms with van der Waals surface area (Å²) in [5.41, 5.74) is 3.36. The number of amidine groups is 1. The summed E-state index contributed by atoms with van der Waals surface area (Å²) in [6, 6.07) is 4.81. The van der Waals surface area contributed by atoms with Gasteiger partial charge in [-0.2, -0.15) is 8.78 Å². The first-order valence-electron chi connectivity index (χ1n) is 6.50. The number of rotatable bonds is 0.